The van der Waals surface area contributed by atoms with E-state index in [9.17, 15) is 9.65 Å². The lowest BCUT2D eigenvalue weighted by molar-refractivity contribution is 0.0642. The van der Waals surface area contributed by atoms with Crippen LogP contribution < -0.4 is 20.9 Å². The van der Waals surface area contributed by atoms with Gasteiger partial charge in [0.1, 0.15) is 5.83 Å². The summed E-state index contributed by atoms with van der Waals surface area (Å²) < 4.78 is 36.5. The van der Waals surface area contributed by atoms with Gasteiger partial charge in [0.2, 0.25) is 5.79 Å². The molecule has 3 N–H and O–H groups in total. The molecule has 2 aliphatic heterocycles. The summed E-state index contributed by atoms with van der Waals surface area (Å²) in [4.78, 5) is 6.88. The van der Waals surface area contributed by atoms with Gasteiger partial charge in [-0.3, -0.25) is 4.98 Å². The molecule has 2 aliphatic rings. The van der Waals surface area contributed by atoms with E-state index in [-0.39, 0.29) is 18.9 Å². The maximum absolute atomic E-state index is 17.6. The van der Waals surface area contributed by atoms with E-state index in [0.717, 1.165) is 42.1 Å². The Bertz CT molecular complexity index is 1110. The SMILES string of the molecule is C=C(F)/C=C\C(=C/C)Cc1cc2c(nc1CC#N)C(C)(C)CN2C1(F)CNCCNCC1CNCCOCCC. The number of aromatic nitrogens is 1. The number of fused-ring (bicyclic) bond motifs is 1. The van der Waals surface area contributed by atoms with E-state index in [1.807, 2.05) is 24.0 Å². The van der Waals surface area contributed by atoms with E-state index in [2.05, 4.69) is 49.4 Å². The molecule has 2 unspecified atom stereocenters. The van der Waals surface area contributed by atoms with Crippen LogP contribution in [0.1, 0.15) is 51.1 Å². The summed E-state index contributed by atoms with van der Waals surface area (Å²) in [7, 11) is 0. The molecule has 1 saturated heterocycles. The molecule has 0 aliphatic carbocycles. The Labute approximate surface area is 238 Å². The zero-order valence-corrected chi connectivity index (χ0v) is 24.6. The molecule has 2 atom stereocenters. The van der Waals surface area contributed by atoms with Crippen molar-refractivity contribution in [2.45, 2.75) is 58.2 Å². The lowest BCUT2D eigenvalue weighted by atomic mass is 9.89. The summed E-state index contributed by atoms with van der Waals surface area (Å²) >= 11 is 0. The zero-order chi connectivity index (χ0) is 29.2. The van der Waals surface area contributed by atoms with Gasteiger partial charge in [-0.25, -0.2) is 8.78 Å². The second-order valence-electron chi connectivity index (χ2n) is 11.3. The first kappa shape index (κ1) is 31.9. The third-order valence-electron chi connectivity index (χ3n) is 7.63. The van der Waals surface area contributed by atoms with Crippen LogP contribution in [0.2, 0.25) is 0 Å². The molecule has 1 aromatic rings. The minimum absolute atomic E-state index is 0.147. The van der Waals surface area contributed by atoms with Crippen LogP contribution in [0, 0.1) is 17.2 Å². The normalized spacial score (nSPS) is 23.1. The topological polar surface area (TPSA) is 85.2 Å². The van der Waals surface area contributed by atoms with Gasteiger partial charge in [0.15, 0.2) is 0 Å². The van der Waals surface area contributed by atoms with E-state index in [4.69, 9.17) is 9.72 Å². The van der Waals surface area contributed by atoms with Crippen LogP contribution in [-0.4, -0.2) is 69.8 Å². The number of alkyl halides is 1. The molecule has 3 heterocycles. The Morgan fingerprint density at radius 1 is 1.32 bits per heavy atom. The van der Waals surface area contributed by atoms with E-state index < -0.39 is 17.0 Å². The van der Waals surface area contributed by atoms with Crippen molar-refractivity contribution in [3.05, 3.63) is 59.2 Å². The fraction of sp³-hybridized carbons (Fsp3) is 0.613. The average molecular weight is 557 g/mol. The van der Waals surface area contributed by atoms with Crippen molar-refractivity contribution in [2.75, 3.05) is 63.9 Å². The molecule has 1 fully saturated rings. The molecular formula is C31H46F2N6O. The zero-order valence-electron chi connectivity index (χ0n) is 24.6. The number of nitrogens with zero attached hydrogens (tertiary/aromatic N) is 3. The van der Waals surface area contributed by atoms with Crippen LogP contribution in [0.3, 0.4) is 0 Å². The van der Waals surface area contributed by atoms with E-state index >= 15 is 4.39 Å². The predicted molar refractivity (Wildman–Crippen MR) is 158 cm³/mol. The number of hydrogen-bond acceptors (Lipinski definition) is 7. The Kier molecular flexibility index (Phi) is 11.8. The van der Waals surface area contributed by atoms with Crippen LogP contribution in [-0.2, 0) is 23.0 Å². The molecule has 0 spiro atoms. The minimum atomic E-state index is -1.68. The summed E-state index contributed by atoms with van der Waals surface area (Å²) in [5, 5.41) is 19.7. The summed E-state index contributed by atoms with van der Waals surface area (Å²) in [5.41, 5.74) is 3.55. The fourth-order valence-electron chi connectivity index (χ4n) is 5.46. The maximum Gasteiger partial charge on any atom is 0.200 e. The van der Waals surface area contributed by atoms with Gasteiger partial charge in [0.25, 0.3) is 0 Å². The highest BCUT2D eigenvalue weighted by Crippen LogP contribution is 2.46. The quantitative estimate of drug-likeness (QED) is 0.190. The van der Waals surface area contributed by atoms with Gasteiger partial charge >= 0.3 is 0 Å². The summed E-state index contributed by atoms with van der Waals surface area (Å²) in [6.07, 6.45) is 6.48. The van der Waals surface area contributed by atoms with Gasteiger partial charge in [-0.1, -0.05) is 39.5 Å². The van der Waals surface area contributed by atoms with Gasteiger partial charge < -0.3 is 25.6 Å². The van der Waals surface area contributed by atoms with Crippen LogP contribution in [0.15, 0.2) is 42.3 Å². The molecule has 3 rings (SSSR count). The van der Waals surface area contributed by atoms with E-state index in [0.29, 0.717) is 51.4 Å². The van der Waals surface area contributed by atoms with Gasteiger partial charge in [-0.2, -0.15) is 5.26 Å². The molecule has 0 bridgehead atoms. The Balaban J connectivity index is 1.99. The molecule has 0 aromatic carbocycles. The predicted octanol–water partition coefficient (Wildman–Crippen LogP) is 4.26. The number of nitrogens with one attached hydrogen (secondary N) is 3. The number of anilines is 1. The molecule has 0 radical (unpaired) electrons. The van der Waals surface area contributed by atoms with Gasteiger partial charge in [0, 0.05) is 63.8 Å². The lowest BCUT2D eigenvalue weighted by Gasteiger charge is -2.44. The number of allylic oxidation sites excluding steroid dienone is 5. The Morgan fingerprint density at radius 3 is 2.80 bits per heavy atom. The maximum atomic E-state index is 17.6. The summed E-state index contributed by atoms with van der Waals surface area (Å²) in [6, 6.07) is 4.23. The number of nitriles is 1. The number of pyridine rings is 1. The largest absolute Gasteiger partial charge is 0.380 e. The molecule has 1 aromatic heterocycles. The average Bonchev–Trinajstić information content (AvgIpc) is 3.17. The summed E-state index contributed by atoms with van der Waals surface area (Å²) in [6.45, 7) is 16.6. The fourth-order valence-corrected chi connectivity index (χ4v) is 5.46. The highest BCUT2D eigenvalue weighted by Gasteiger charge is 2.51. The van der Waals surface area contributed by atoms with Crippen molar-refractivity contribution in [3.63, 3.8) is 0 Å². The van der Waals surface area contributed by atoms with Crippen molar-refractivity contribution in [3.8, 4) is 6.07 Å². The lowest BCUT2D eigenvalue weighted by Crippen LogP contribution is -2.63. The van der Waals surface area contributed by atoms with Gasteiger partial charge in [0.05, 0.1) is 36.2 Å². The first-order chi connectivity index (χ1) is 19.2. The highest BCUT2D eigenvalue weighted by molar-refractivity contribution is 5.64. The van der Waals surface area contributed by atoms with E-state index in [1.54, 1.807) is 6.08 Å². The second kappa shape index (κ2) is 14.8. The van der Waals surface area contributed by atoms with Crippen molar-refractivity contribution < 1.29 is 13.5 Å². The van der Waals surface area contributed by atoms with Crippen molar-refractivity contribution in [2.24, 2.45) is 5.92 Å². The summed E-state index contributed by atoms with van der Waals surface area (Å²) in [5.74, 6) is -2.55. The van der Waals surface area contributed by atoms with Crippen LogP contribution in [0.4, 0.5) is 14.5 Å². The molecule has 7 nitrogen and oxygen atoms in total. The van der Waals surface area contributed by atoms with Gasteiger partial charge in [-0.05, 0) is 43.0 Å². The van der Waals surface area contributed by atoms with Crippen molar-refractivity contribution in [1.29, 1.82) is 5.26 Å². The van der Waals surface area contributed by atoms with E-state index in [1.165, 1.54) is 6.08 Å². The minimum Gasteiger partial charge on any atom is -0.380 e. The van der Waals surface area contributed by atoms with Crippen LogP contribution in [0.5, 0.6) is 0 Å². The number of ether oxygens (including phenoxy) is 1. The van der Waals surface area contributed by atoms with Crippen LogP contribution in [0.25, 0.3) is 0 Å². The van der Waals surface area contributed by atoms with Gasteiger partial charge in [-0.15, -0.1) is 0 Å². The number of hydrogen-bond donors (Lipinski definition) is 3. The molecule has 220 valence electrons. The number of rotatable bonds is 13. The standard InChI is InChI=1S/C31H46F2N6O/c1-6-15-40-16-14-36-20-26-19-35-12-13-37-21-31(26,33)39-22-30(4,5)29-28(39)18-25(27(38-29)10-11-34)17-24(7-2)9-8-23(3)32/h7-9,18,26,35-37H,3,6,10,12-17,19-22H2,1-2,4-5H3/b9-8-,24-7+. The van der Waals surface area contributed by atoms with Crippen LogP contribution >= 0.6 is 0 Å². The molecular weight excluding hydrogens is 510 g/mol. The molecule has 40 heavy (non-hydrogen) atoms. The smallest absolute Gasteiger partial charge is 0.200 e. The number of halogens is 2. The highest BCUT2D eigenvalue weighted by atomic mass is 19.1. The third kappa shape index (κ3) is 7.97. The molecule has 0 saturated carbocycles. The monoisotopic (exact) mass is 556 g/mol. The second-order valence-corrected chi connectivity index (χ2v) is 11.3. The Hall–Kier alpha value is -2.64. The first-order valence-electron chi connectivity index (χ1n) is 14.4. The van der Waals surface area contributed by atoms with Crippen molar-refractivity contribution >= 4 is 5.69 Å². The Morgan fingerprint density at radius 2 is 2.10 bits per heavy atom. The first-order valence-corrected chi connectivity index (χ1v) is 14.4. The molecule has 0 amide bonds. The molecule has 9 heteroatoms. The third-order valence-corrected chi connectivity index (χ3v) is 7.63. The van der Waals surface area contributed by atoms with Crippen molar-refractivity contribution in [1.82, 2.24) is 20.9 Å².